The maximum Gasteiger partial charge on any atom is 0.322 e. The van der Waals surface area contributed by atoms with Gasteiger partial charge in [-0.1, -0.05) is 0 Å². The Morgan fingerprint density at radius 2 is 1.96 bits per heavy atom. The number of piperidine rings is 1. The Hall–Kier alpha value is -2.10. The maximum atomic E-state index is 12.7. The molecule has 3 rings (SSSR count). The molecule has 2 heterocycles. The highest BCUT2D eigenvalue weighted by Crippen LogP contribution is 2.22. The summed E-state index contributed by atoms with van der Waals surface area (Å²) in [6.45, 7) is 5.44. The number of hydrogen-bond acceptors (Lipinski definition) is 4. The molecule has 2 aliphatic rings. The van der Waals surface area contributed by atoms with E-state index in [1.165, 1.54) is 6.42 Å². The first-order valence-electron chi connectivity index (χ1n) is 9.14. The molecule has 1 N–H and O–H groups in total. The monoisotopic (exact) mass is 342 g/mol. The van der Waals surface area contributed by atoms with Crippen LogP contribution in [0.15, 0.2) is 24.3 Å². The van der Waals surface area contributed by atoms with Crippen molar-refractivity contribution in [1.29, 1.82) is 5.26 Å². The van der Waals surface area contributed by atoms with Crippen molar-refractivity contribution >= 4 is 11.7 Å². The lowest BCUT2D eigenvalue weighted by Gasteiger charge is -2.37. The minimum absolute atomic E-state index is 0.0311. The van der Waals surface area contributed by atoms with Crippen LogP contribution >= 0.6 is 0 Å². The van der Waals surface area contributed by atoms with Crippen LogP contribution in [0.1, 0.15) is 31.2 Å². The Bertz CT molecular complexity index is 605. The fourth-order valence-electron chi connectivity index (χ4n) is 3.55. The number of carbonyl (C=O) groups excluding carboxylic acids is 1. The van der Waals surface area contributed by atoms with Crippen LogP contribution in [0.4, 0.5) is 10.5 Å². The summed E-state index contributed by atoms with van der Waals surface area (Å²) in [5.74, 6) is 0. The van der Waals surface area contributed by atoms with E-state index in [1.54, 1.807) is 24.3 Å². The predicted molar refractivity (Wildman–Crippen MR) is 96.4 cm³/mol. The van der Waals surface area contributed by atoms with E-state index < -0.39 is 0 Å². The van der Waals surface area contributed by atoms with Crippen LogP contribution in [0.2, 0.25) is 0 Å². The molecular weight excluding hydrogens is 316 g/mol. The molecule has 2 amide bonds. The van der Waals surface area contributed by atoms with Crippen LogP contribution < -0.4 is 5.32 Å². The van der Waals surface area contributed by atoms with Crippen molar-refractivity contribution in [2.45, 2.75) is 31.7 Å². The van der Waals surface area contributed by atoms with E-state index in [0.717, 1.165) is 64.3 Å². The third kappa shape index (κ3) is 4.94. The molecule has 0 aliphatic carbocycles. The zero-order valence-corrected chi connectivity index (χ0v) is 14.6. The zero-order valence-electron chi connectivity index (χ0n) is 14.6. The van der Waals surface area contributed by atoms with Crippen molar-refractivity contribution in [3.8, 4) is 6.07 Å². The van der Waals surface area contributed by atoms with Gasteiger partial charge in [0.1, 0.15) is 0 Å². The van der Waals surface area contributed by atoms with Gasteiger partial charge < -0.3 is 15.0 Å². The molecule has 2 aliphatic heterocycles. The van der Waals surface area contributed by atoms with Crippen LogP contribution in [0.3, 0.4) is 0 Å². The van der Waals surface area contributed by atoms with Crippen LogP contribution in [0.25, 0.3) is 0 Å². The Kier molecular flexibility index (Phi) is 6.26. The molecular formula is C19H26N4O2. The van der Waals surface area contributed by atoms with E-state index in [-0.39, 0.29) is 6.03 Å². The second kappa shape index (κ2) is 8.84. The van der Waals surface area contributed by atoms with E-state index in [0.29, 0.717) is 11.6 Å². The lowest BCUT2D eigenvalue weighted by Crippen LogP contribution is -2.48. The summed E-state index contributed by atoms with van der Waals surface area (Å²) < 4.78 is 5.40. The molecule has 0 saturated carbocycles. The molecule has 6 heteroatoms. The van der Waals surface area contributed by atoms with Crippen molar-refractivity contribution < 1.29 is 9.53 Å². The number of nitrogens with zero attached hydrogens (tertiary/aromatic N) is 3. The standard InChI is InChI=1S/C19H26N4O2/c20-15-16-4-6-17(7-5-16)21-19(24)23-9-2-1-3-18(23)8-10-22-11-13-25-14-12-22/h4-7,18H,1-3,8-14H2,(H,21,24)/t18-/m0/s1. The molecule has 6 nitrogen and oxygen atoms in total. The number of rotatable bonds is 4. The van der Waals surface area contributed by atoms with E-state index in [1.807, 2.05) is 4.90 Å². The topological polar surface area (TPSA) is 68.6 Å². The van der Waals surface area contributed by atoms with E-state index in [4.69, 9.17) is 10.00 Å². The van der Waals surface area contributed by atoms with Gasteiger partial charge >= 0.3 is 6.03 Å². The number of amides is 2. The Morgan fingerprint density at radius 3 is 2.68 bits per heavy atom. The second-order valence-electron chi connectivity index (χ2n) is 6.70. The molecule has 0 aromatic heterocycles. The number of nitriles is 1. The quantitative estimate of drug-likeness (QED) is 0.913. The van der Waals surface area contributed by atoms with Gasteiger partial charge in [0.25, 0.3) is 0 Å². The molecule has 0 bridgehead atoms. The molecule has 2 saturated heterocycles. The first-order chi connectivity index (χ1) is 12.3. The SMILES string of the molecule is N#Cc1ccc(NC(=O)N2CCCC[C@H]2CCN2CCOCC2)cc1. The lowest BCUT2D eigenvalue weighted by molar-refractivity contribution is 0.0329. The van der Waals surface area contributed by atoms with Gasteiger partial charge in [-0.15, -0.1) is 0 Å². The Balaban J connectivity index is 1.55. The molecule has 1 aromatic rings. The first-order valence-corrected chi connectivity index (χ1v) is 9.14. The van der Waals surface area contributed by atoms with Crippen molar-refractivity contribution in [2.75, 3.05) is 44.7 Å². The highest BCUT2D eigenvalue weighted by Gasteiger charge is 2.27. The fraction of sp³-hybridized carbons (Fsp3) is 0.579. The second-order valence-corrected chi connectivity index (χ2v) is 6.70. The lowest BCUT2D eigenvalue weighted by atomic mass is 9.99. The van der Waals surface area contributed by atoms with Crippen LogP contribution in [-0.2, 0) is 4.74 Å². The number of urea groups is 1. The Morgan fingerprint density at radius 1 is 1.20 bits per heavy atom. The van der Waals surface area contributed by atoms with Gasteiger partial charge in [0.05, 0.1) is 24.8 Å². The van der Waals surface area contributed by atoms with Crippen LogP contribution in [0.5, 0.6) is 0 Å². The normalized spacial score (nSPS) is 21.6. The minimum atomic E-state index is -0.0311. The van der Waals surface area contributed by atoms with Crippen molar-refractivity contribution in [2.24, 2.45) is 0 Å². The number of carbonyl (C=O) groups is 1. The predicted octanol–water partition coefficient (Wildman–Crippen LogP) is 2.67. The molecule has 0 radical (unpaired) electrons. The largest absolute Gasteiger partial charge is 0.379 e. The van der Waals surface area contributed by atoms with Crippen molar-refractivity contribution in [3.63, 3.8) is 0 Å². The number of hydrogen-bond donors (Lipinski definition) is 1. The number of morpholine rings is 1. The summed E-state index contributed by atoms with van der Waals surface area (Å²) in [5.41, 5.74) is 1.33. The molecule has 25 heavy (non-hydrogen) atoms. The number of likely N-dealkylation sites (tertiary alicyclic amines) is 1. The van der Waals surface area contributed by atoms with Crippen LogP contribution in [0, 0.1) is 11.3 Å². The number of anilines is 1. The van der Waals surface area contributed by atoms with E-state index >= 15 is 0 Å². The van der Waals surface area contributed by atoms with Gasteiger partial charge in [0.15, 0.2) is 0 Å². The van der Waals surface area contributed by atoms with Gasteiger partial charge in [-0.05, 0) is 49.9 Å². The van der Waals surface area contributed by atoms with Gasteiger partial charge in [-0.2, -0.15) is 5.26 Å². The summed E-state index contributed by atoms with van der Waals surface area (Å²) in [7, 11) is 0. The number of ether oxygens (including phenoxy) is 1. The van der Waals surface area contributed by atoms with Gasteiger partial charge in [-0.25, -0.2) is 4.79 Å². The van der Waals surface area contributed by atoms with Crippen LogP contribution in [-0.4, -0.2) is 61.3 Å². The van der Waals surface area contributed by atoms with E-state index in [9.17, 15) is 4.79 Å². The smallest absolute Gasteiger partial charge is 0.322 e. The first kappa shape index (κ1) is 17.7. The average molecular weight is 342 g/mol. The van der Waals surface area contributed by atoms with Gasteiger partial charge in [0.2, 0.25) is 0 Å². The summed E-state index contributed by atoms with van der Waals surface area (Å²) in [6, 6.07) is 9.37. The zero-order chi connectivity index (χ0) is 17.5. The molecule has 1 aromatic carbocycles. The summed E-state index contributed by atoms with van der Waals surface area (Å²) in [4.78, 5) is 17.1. The highest BCUT2D eigenvalue weighted by molar-refractivity contribution is 5.89. The Labute approximate surface area is 149 Å². The maximum absolute atomic E-state index is 12.7. The highest BCUT2D eigenvalue weighted by atomic mass is 16.5. The number of benzene rings is 1. The molecule has 0 spiro atoms. The minimum Gasteiger partial charge on any atom is -0.379 e. The van der Waals surface area contributed by atoms with Gasteiger partial charge in [-0.3, -0.25) is 4.90 Å². The summed E-state index contributed by atoms with van der Waals surface area (Å²) in [6.07, 6.45) is 4.34. The molecule has 134 valence electrons. The molecule has 2 fully saturated rings. The molecule has 0 unspecified atom stereocenters. The fourth-order valence-corrected chi connectivity index (χ4v) is 3.55. The third-order valence-electron chi connectivity index (χ3n) is 5.04. The molecule has 1 atom stereocenters. The van der Waals surface area contributed by atoms with Crippen molar-refractivity contribution in [3.05, 3.63) is 29.8 Å². The number of nitrogens with one attached hydrogen (secondary N) is 1. The van der Waals surface area contributed by atoms with Crippen molar-refractivity contribution in [1.82, 2.24) is 9.80 Å². The van der Waals surface area contributed by atoms with Gasteiger partial charge in [0, 0.05) is 37.9 Å². The van der Waals surface area contributed by atoms with E-state index in [2.05, 4.69) is 16.3 Å². The summed E-state index contributed by atoms with van der Waals surface area (Å²) in [5, 5.41) is 11.8. The summed E-state index contributed by atoms with van der Waals surface area (Å²) >= 11 is 0. The average Bonchev–Trinajstić information content (AvgIpc) is 2.68. The third-order valence-corrected chi connectivity index (χ3v) is 5.04.